The summed E-state index contributed by atoms with van der Waals surface area (Å²) in [7, 11) is 0. The molecule has 1 amide bonds. The average molecular weight is 274 g/mol. The van der Waals surface area contributed by atoms with E-state index < -0.39 is 0 Å². The number of fused-ring (bicyclic) bond motifs is 1. The third-order valence-corrected chi connectivity index (χ3v) is 3.67. The Hall–Kier alpha value is -2.11. The van der Waals surface area contributed by atoms with Crippen LogP contribution in [0, 0.1) is 19.8 Å². The quantitative estimate of drug-likeness (QED) is 0.843. The Morgan fingerprint density at radius 1 is 1.40 bits per heavy atom. The molecule has 1 aliphatic heterocycles. The Bertz CT molecular complexity index is 677. The highest BCUT2D eigenvalue weighted by molar-refractivity contribution is 5.89. The van der Waals surface area contributed by atoms with Crippen molar-refractivity contribution in [1.29, 1.82) is 0 Å². The molecule has 0 aliphatic carbocycles. The van der Waals surface area contributed by atoms with Crippen LogP contribution in [0.25, 0.3) is 5.65 Å². The molecule has 1 atom stereocenters. The Labute approximate surface area is 117 Å². The van der Waals surface area contributed by atoms with E-state index in [2.05, 4.69) is 10.1 Å². The van der Waals surface area contributed by atoms with E-state index in [-0.39, 0.29) is 12.2 Å². The number of anilines is 1. The predicted octanol–water partition coefficient (Wildman–Crippen LogP) is 2.33. The first-order chi connectivity index (χ1) is 9.47. The van der Waals surface area contributed by atoms with Crippen molar-refractivity contribution >= 4 is 17.6 Å². The molecule has 0 spiro atoms. The molecule has 0 N–H and O–H groups in total. The highest BCUT2D eigenvalue weighted by Crippen LogP contribution is 2.25. The van der Waals surface area contributed by atoms with Gasteiger partial charge in [-0.25, -0.2) is 14.3 Å². The molecule has 0 aromatic carbocycles. The largest absolute Gasteiger partial charge is 0.444 e. The minimum absolute atomic E-state index is 0.0770. The zero-order chi connectivity index (χ0) is 14.4. The molecule has 2 aromatic heterocycles. The van der Waals surface area contributed by atoms with Gasteiger partial charge in [-0.15, -0.1) is 0 Å². The number of ether oxygens (including phenoxy) is 1. The summed E-state index contributed by atoms with van der Waals surface area (Å²) in [6, 6.07) is 1.86. The van der Waals surface area contributed by atoms with Gasteiger partial charge in [-0.1, -0.05) is 13.8 Å². The van der Waals surface area contributed by atoms with Crippen LogP contribution in [0.15, 0.2) is 12.3 Å². The highest BCUT2D eigenvalue weighted by atomic mass is 16.6. The minimum Gasteiger partial charge on any atom is -0.444 e. The predicted molar refractivity (Wildman–Crippen MR) is 74.9 cm³/mol. The van der Waals surface area contributed by atoms with Gasteiger partial charge in [0, 0.05) is 17.3 Å². The first kappa shape index (κ1) is 12.9. The molecule has 0 radical (unpaired) electrons. The zero-order valence-electron chi connectivity index (χ0n) is 12.1. The summed E-state index contributed by atoms with van der Waals surface area (Å²) in [6.45, 7) is 8.55. The molecular formula is C14H18N4O2. The summed E-state index contributed by atoms with van der Waals surface area (Å²) in [5, 5.41) is 4.27. The molecular weight excluding hydrogens is 256 g/mol. The molecule has 6 nitrogen and oxygen atoms in total. The van der Waals surface area contributed by atoms with E-state index in [9.17, 15) is 4.79 Å². The number of rotatable bonds is 2. The Kier molecular flexibility index (Phi) is 2.88. The second kappa shape index (κ2) is 4.47. The number of hydrogen-bond acceptors (Lipinski definition) is 4. The summed E-state index contributed by atoms with van der Waals surface area (Å²) in [6.07, 6.45) is 1.38. The lowest BCUT2D eigenvalue weighted by Gasteiger charge is -2.14. The fourth-order valence-electron chi connectivity index (χ4n) is 2.36. The maximum atomic E-state index is 12.0. The van der Waals surface area contributed by atoms with E-state index in [0.29, 0.717) is 18.3 Å². The van der Waals surface area contributed by atoms with Crippen LogP contribution in [0.4, 0.5) is 10.6 Å². The molecule has 0 saturated carbocycles. The average Bonchev–Trinajstić information content (AvgIpc) is 2.94. The molecule has 20 heavy (non-hydrogen) atoms. The molecule has 1 fully saturated rings. The van der Waals surface area contributed by atoms with Gasteiger partial charge in [0.1, 0.15) is 11.9 Å². The third kappa shape index (κ3) is 1.92. The van der Waals surface area contributed by atoms with Gasteiger partial charge < -0.3 is 4.74 Å². The van der Waals surface area contributed by atoms with Crippen LogP contribution in [0.2, 0.25) is 0 Å². The van der Waals surface area contributed by atoms with Crippen LogP contribution in [0.5, 0.6) is 0 Å². The topological polar surface area (TPSA) is 59.7 Å². The fraction of sp³-hybridized carbons (Fsp3) is 0.500. The van der Waals surface area contributed by atoms with Crippen molar-refractivity contribution in [1.82, 2.24) is 14.6 Å². The number of amides is 1. The standard InChI is InChI=1S/C14H18N4O2/c1-8(2)11-7-17(14(19)20-11)12-5-10(4)18-13(16-12)9(3)6-15-18/h5-6,8,11H,7H2,1-4H3. The van der Waals surface area contributed by atoms with Crippen LogP contribution < -0.4 is 4.90 Å². The smallest absolute Gasteiger partial charge is 0.415 e. The van der Waals surface area contributed by atoms with Crippen molar-refractivity contribution in [3.8, 4) is 0 Å². The Morgan fingerprint density at radius 3 is 2.80 bits per heavy atom. The van der Waals surface area contributed by atoms with Crippen molar-refractivity contribution in [2.75, 3.05) is 11.4 Å². The minimum atomic E-state index is -0.322. The number of cyclic esters (lactones) is 1. The van der Waals surface area contributed by atoms with Crippen LogP contribution in [-0.2, 0) is 4.74 Å². The summed E-state index contributed by atoms with van der Waals surface area (Å²) >= 11 is 0. The molecule has 2 aromatic rings. The van der Waals surface area contributed by atoms with E-state index in [4.69, 9.17) is 4.74 Å². The summed E-state index contributed by atoms with van der Waals surface area (Å²) < 4.78 is 7.16. The second-order valence-corrected chi connectivity index (χ2v) is 5.60. The number of aryl methyl sites for hydroxylation is 2. The summed E-state index contributed by atoms with van der Waals surface area (Å²) in [4.78, 5) is 18.2. The molecule has 0 bridgehead atoms. The monoisotopic (exact) mass is 274 g/mol. The van der Waals surface area contributed by atoms with Gasteiger partial charge >= 0.3 is 6.09 Å². The van der Waals surface area contributed by atoms with Crippen molar-refractivity contribution < 1.29 is 9.53 Å². The van der Waals surface area contributed by atoms with Gasteiger partial charge in [0.05, 0.1) is 12.7 Å². The lowest BCUT2D eigenvalue weighted by atomic mass is 10.1. The molecule has 3 rings (SSSR count). The van der Waals surface area contributed by atoms with E-state index in [0.717, 1.165) is 16.9 Å². The Balaban J connectivity index is 2.02. The van der Waals surface area contributed by atoms with Gasteiger partial charge in [0.25, 0.3) is 0 Å². The number of carbonyl (C=O) groups excluding carboxylic acids is 1. The van der Waals surface area contributed by atoms with Gasteiger partial charge in [0.15, 0.2) is 5.65 Å². The lowest BCUT2D eigenvalue weighted by molar-refractivity contribution is 0.116. The molecule has 106 valence electrons. The fourth-order valence-corrected chi connectivity index (χ4v) is 2.36. The van der Waals surface area contributed by atoms with Gasteiger partial charge in [-0.2, -0.15) is 5.10 Å². The number of aromatic nitrogens is 3. The van der Waals surface area contributed by atoms with Crippen molar-refractivity contribution in [2.24, 2.45) is 5.92 Å². The molecule has 3 heterocycles. The number of nitrogens with zero attached hydrogens (tertiary/aromatic N) is 4. The van der Waals surface area contributed by atoms with Gasteiger partial charge in [0.2, 0.25) is 0 Å². The SMILES string of the molecule is Cc1cnn2c(C)cc(N3CC(C(C)C)OC3=O)nc12. The van der Waals surface area contributed by atoms with Crippen LogP contribution in [0.3, 0.4) is 0 Å². The van der Waals surface area contributed by atoms with Gasteiger partial charge in [-0.05, 0) is 19.8 Å². The van der Waals surface area contributed by atoms with Crippen molar-refractivity contribution in [3.05, 3.63) is 23.5 Å². The van der Waals surface area contributed by atoms with E-state index in [1.165, 1.54) is 0 Å². The zero-order valence-corrected chi connectivity index (χ0v) is 12.1. The number of hydrogen-bond donors (Lipinski definition) is 0. The Morgan fingerprint density at radius 2 is 2.15 bits per heavy atom. The first-order valence-electron chi connectivity index (χ1n) is 6.77. The van der Waals surface area contributed by atoms with Crippen LogP contribution >= 0.6 is 0 Å². The molecule has 1 aliphatic rings. The maximum absolute atomic E-state index is 12.0. The summed E-state index contributed by atoms with van der Waals surface area (Å²) in [5.41, 5.74) is 2.71. The van der Waals surface area contributed by atoms with Crippen molar-refractivity contribution in [3.63, 3.8) is 0 Å². The molecule has 6 heteroatoms. The third-order valence-electron chi connectivity index (χ3n) is 3.67. The van der Waals surface area contributed by atoms with E-state index >= 15 is 0 Å². The van der Waals surface area contributed by atoms with Crippen LogP contribution in [-0.4, -0.2) is 33.3 Å². The van der Waals surface area contributed by atoms with E-state index in [1.54, 1.807) is 15.6 Å². The number of carbonyl (C=O) groups is 1. The first-order valence-corrected chi connectivity index (χ1v) is 6.77. The van der Waals surface area contributed by atoms with Crippen LogP contribution in [0.1, 0.15) is 25.1 Å². The second-order valence-electron chi connectivity index (χ2n) is 5.60. The highest BCUT2D eigenvalue weighted by Gasteiger charge is 2.35. The molecule has 1 unspecified atom stereocenters. The van der Waals surface area contributed by atoms with Gasteiger partial charge in [-0.3, -0.25) is 4.90 Å². The van der Waals surface area contributed by atoms with E-state index in [1.807, 2.05) is 33.8 Å². The lowest BCUT2D eigenvalue weighted by Crippen LogP contribution is -2.27. The van der Waals surface area contributed by atoms with Crippen molar-refractivity contribution in [2.45, 2.75) is 33.8 Å². The normalized spacial score (nSPS) is 19.1. The molecule has 1 saturated heterocycles. The summed E-state index contributed by atoms with van der Waals surface area (Å²) in [5.74, 6) is 0.928. The maximum Gasteiger partial charge on any atom is 0.415 e.